The molecule has 0 rings (SSSR count). The quantitative estimate of drug-likeness (QED) is 0.106. The van der Waals surface area contributed by atoms with Gasteiger partial charge in [-0.15, -0.1) is 0 Å². The average molecular weight is 503 g/mol. The Bertz CT molecular complexity index is 210. The zero-order valence-electron chi connectivity index (χ0n) is 20.5. The molecule has 0 aliphatic carbocycles. The summed E-state index contributed by atoms with van der Waals surface area (Å²) in [5.41, 5.74) is 0. The summed E-state index contributed by atoms with van der Waals surface area (Å²) in [7, 11) is 0. The third kappa shape index (κ3) is 34.3. The molecule has 0 aliphatic rings. The summed E-state index contributed by atoms with van der Waals surface area (Å²) >= 11 is 0.149. The van der Waals surface area contributed by atoms with Gasteiger partial charge >= 0.3 is 69.5 Å². The molecule has 0 unspecified atom stereocenters. The Hall–Kier alpha value is 0.759. The van der Waals surface area contributed by atoms with Crippen LogP contribution >= 0.6 is 0 Å². The molecule has 170 valence electrons. The van der Waals surface area contributed by atoms with Crippen LogP contribution in [0.4, 0.5) is 0 Å². The molecule has 0 amide bonds. The van der Waals surface area contributed by atoms with Crippen molar-refractivity contribution >= 4 is 21.1 Å². The standard InChI is InChI=1S/C18H38O.2C4H9.Sn/c1-3-5-7-9-11-13-15-17-19-18-16-14-12-10-8-6-4-2;2*1-3-4-2;/h3-18H2,1-2H3;2*1,3-4H2,2H3;. The molecule has 0 fully saturated rings. The van der Waals surface area contributed by atoms with Crippen molar-refractivity contribution < 1.29 is 4.74 Å². The predicted octanol–water partition coefficient (Wildman–Crippen LogP) is 9.63. The fourth-order valence-corrected chi connectivity index (χ4v) is 7.31. The van der Waals surface area contributed by atoms with Crippen LogP contribution in [0.5, 0.6) is 0 Å². The first-order valence-electron chi connectivity index (χ1n) is 13.1. The molecule has 0 aromatic carbocycles. The minimum absolute atomic E-state index is 0.149. The molecule has 0 atom stereocenters. The first-order valence-corrected chi connectivity index (χ1v) is 17.1. The van der Waals surface area contributed by atoms with Gasteiger partial charge in [-0.2, -0.15) is 0 Å². The third-order valence-electron chi connectivity index (χ3n) is 5.20. The number of ether oxygens (including phenoxy) is 1. The molecule has 1 nitrogen and oxygen atoms in total. The van der Waals surface area contributed by atoms with E-state index in [0.717, 1.165) is 13.2 Å². The number of rotatable bonds is 22. The molecule has 0 aliphatic heterocycles. The SMILES string of the molecule is CCCCCCCCCOCCCCCCCCC.CCC[CH2][Sn][CH2]CCC. The second-order valence-electron chi connectivity index (χ2n) is 8.31. The van der Waals surface area contributed by atoms with E-state index in [1.165, 1.54) is 116 Å². The van der Waals surface area contributed by atoms with Gasteiger partial charge in [-0.1, -0.05) is 90.9 Å². The van der Waals surface area contributed by atoms with Gasteiger partial charge in [-0.3, -0.25) is 0 Å². The maximum atomic E-state index is 5.69. The molecule has 2 radical (unpaired) electrons. The average Bonchev–Trinajstić information content (AvgIpc) is 2.71. The summed E-state index contributed by atoms with van der Waals surface area (Å²) in [4.78, 5) is 0. The van der Waals surface area contributed by atoms with Crippen LogP contribution in [0.2, 0.25) is 8.87 Å². The fourth-order valence-electron chi connectivity index (χ4n) is 3.15. The molecule has 0 saturated heterocycles. The van der Waals surface area contributed by atoms with Gasteiger partial charge in [0.1, 0.15) is 0 Å². The van der Waals surface area contributed by atoms with Gasteiger partial charge in [-0.25, -0.2) is 0 Å². The summed E-state index contributed by atoms with van der Waals surface area (Å²) in [6, 6.07) is 0. The summed E-state index contributed by atoms with van der Waals surface area (Å²) in [5, 5.41) is 0. The molecule has 2 heteroatoms. The van der Waals surface area contributed by atoms with Crippen LogP contribution in [-0.2, 0) is 4.74 Å². The van der Waals surface area contributed by atoms with E-state index in [-0.39, 0.29) is 21.1 Å². The summed E-state index contributed by atoms with van der Waals surface area (Å²) in [6.07, 6.45) is 25.1. The van der Waals surface area contributed by atoms with Gasteiger partial charge in [0, 0.05) is 13.2 Å². The first kappa shape index (κ1) is 30.9. The van der Waals surface area contributed by atoms with Crippen LogP contribution in [0.15, 0.2) is 0 Å². The molecule has 0 bridgehead atoms. The Morgan fingerprint density at radius 2 is 0.714 bits per heavy atom. The molecule has 0 heterocycles. The van der Waals surface area contributed by atoms with Gasteiger partial charge in [0.25, 0.3) is 0 Å². The van der Waals surface area contributed by atoms with E-state index in [1.807, 2.05) is 0 Å². The molecular formula is C26H56OSn. The van der Waals surface area contributed by atoms with Gasteiger partial charge in [0.2, 0.25) is 0 Å². The van der Waals surface area contributed by atoms with E-state index in [2.05, 4.69) is 27.7 Å². The Kier molecular flexibility index (Phi) is 35.8. The molecule has 0 N–H and O–H groups in total. The summed E-state index contributed by atoms with van der Waals surface area (Å²) < 4.78 is 8.94. The van der Waals surface area contributed by atoms with Crippen molar-refractivity contribution in [1.29, 1.82) is 0 Å². The maximum absolute atomic E-state index is 5.69. The van der Waals surface area contributed by atoms with Crippen molar-refractivity contribution in [3.8, 4) is 0 Å². The predicted molar refractivity (Wildman–Crippen MR) is 132 cm³/mol. The van der Waals surface area contributed by atoms with Crippen LogP contribution in [0.1, 0.15) is 143 Å². The monoisotopic (exact) mass is 504 g/mol. The van der Waals surface area contributed by atoms with E-state index in [0.29, 0.717) is 0 Å². The van der Waals surface area contributed by atoms with Crippen LogP contribution in [-0.4, -0.2) is 34.4 Å². The van der Waals surface area contributed by atoms with Crippen molar-refractivity contribution in [2.45, 2.75) is 152 Å². The Balaban J connectivity index is 0. The molecule has 0 spiro atoms. The van der Waals surface area contributed by atoms with Crippen molar-refractivity contribution in [3.63, 3.8) is 0 Å². The van der Waals surface area contributed by atoms with Crippen LogP contribution in [0, 0.1) is 0 Å². The summed E-state index contributed by atoms with van der Waals surface area (Å²) in [6.45, 7) is 11.1. The Morgan fingerprint density at radius 1 is 0.393 bits per heavy atom. The Morgan fingerprint density at radius 3 is 1.07 bits per heavy atom. The van der Waals surface area contributed by atoms with Gasteiger partial charge < -0.3 is 4.74 Å². The van der Waals surface area contributed by atoms with E-state index in [9.17, 15) is 0 Å². The van der Waals surface area contributed by atoms with E-state index in [4.69, 9.17) is 4.74 Å². The second kappa shape index (κ2) is 32.4. The van der Waals surface area contributed by atoms with Crippen molar-refractivity contribution in [3.05, 3.63) is 0 Å². The fraction of sp³-hybridized carbons (Fsp3) is 1.00. The molecule has 0 aromatic heterocycles. The van der Waals surface area contributed by atoms with Crippen LogP contribution < -0.4 is 0 Å². The zero-order chi connectivity index (χ0) is 21.0. The van der Waals surface area contributed by atoms with Crippen LogP contribution in [0.25, 0.3) is 0 Å². The normalized spacial score (nSPS) is 10.7. The number of hydrogen-bond acceptors (Lipinski definition) is 1. The topological polar surface area (TPSA) is 9.23 Å². The molecule has 28 heavy (non-hydrogen) atoms. The molecule has 0 aromatic rings. The van der Waals surface area contributed by atoms with E-state index >= 15 is 0 Å². The molecular weight excluding hydrogens is 447 g/mol. The minimum atomic E-state index is 0.149. The van der Waals surface area contributed by atoms with Crippen molar-refractivity contribution in [1.82, 2.24) is 0 Å². The number of unbranched alkanes of at least 4 members (excludes halogenated alkanes) is 14. The summed E-state index contributed by atoms with van der Waals surface area (Å²) in [5.74, 6) is 0. The van der Waals surface area contributed by atoms with Crippen molar-refractivity contribution in [2.75, 3.05) is 13.2 Å². The Labute approximate surface area is 190 Å². The van der Waals surface area contributed by atoms with Crippen LogP contribution in [0.3, 0.4) is 0 Å². The van der Waals surface area contributed by atoms with Gasteiger partial charge in [0.05, 0.1) is 0 Å². The first-order chi connectivity index (χ1) is 13.8. The van der Waals surface area contributed by atoms with Crippen molar-refractivity contribution in [2.24, 2.45) is 0 Å². The third-order valence-corrected chi connectivity index (χ3v) is 9.23. The second-order valence-corrected chi connectivity index (χ2v) is 12.6. The van der Waals surface area contributed by atoms with Gasteiger partial charge in [0.15, 0.2) is 0 Å². The molecule has 0 saturated carbocycles. The van der Waals surface area contributed by atoms with E-state index < -0.39 is 0 Å². The van der Waals surface area contributed by atoms with E-state index in [1.54, 1.807) is 8.87 Å². The zero-order valence-corrected chi connectivity index (χ0v) is 23.3. The van der Waals surface area contributed by atoms with Gasteiger partial charge in [-0.05, 0) is 12.8 Å². The number of hydrogen-bond donors (Lipinski definition) is 0.